The SMILES string of the molecule is C/C=C\C=C(\CCC)C(C)C1=CCNN1C(C)C. The summed E-state index contributed by atoms with van der Waals surface area (Å²) in [5.74, 6) is 0.499. The summed E-state index contributed by atoms with van der Waals surface area (Å²) in [5.41, 5.74) is 6.39. The van der Waals surface area contributed by atoms with E-state index in [4.69, 9.17) is 0 Å². The van der Waals surface area contributed by atoms with Crippen LogP contribution in [-0.2, 0) is 0 Å². The fourth-order valence-corrected chi connectivity index (χ4v) is 2.45. The first kappa shape index (κ1) is 15.0. The maximum atomic E-state index is 3.44. The van der Waals surface area contributed by atoms with E-state index in [1.807, 2.05) is 0 Å². The van der Waals surface area contributed by atoms with Crippen molar-refractivity contribution in [2.45, 2.75) is 53.5 Å². The number of allylic oxidation sites excluding steroid dienone is 4. The first-order valence-corrected chi connectivity index (χ1v) is 7.16. The largest absolute Gasteiger partial charge is 0.309 e. The van der Waals surface area contributed by atoms with E-state index in [1.54, 1.807) is 0 Å². The minimum absolute atomic E-state index is 0.499. The van der Waals surface area contributed by atoms with E-state index in [1.165, 1.54) is 24.1 Å². The van der Waals surface area contributed by atoms with Crippen LogP contribution in [0.5, 0.6) is 0 Å². The second kappa shape index (κ2) is 7.42. The zero-order valence-corrected chi connectivity index (χ0v) is 12.5. The van der Waals surface area contributed by atoms with Gasteiger partial charge in [-0.25, -0.2) is 5.43 Å². The molecule has 0 saturated heterocycles. The highest BCUT2D eigenvalue weighted by atomic mass is 15.5. The highest BCUT2D eigenvalue weighted by Crippen LogP contribution is 2.28. The van der Waals surface area contributed by atoms with Gasteiger partial charge in [0.15, 0.2) is 0 Å². The van der Waals surface area contributed by atoms with Gasteiger partial charge in [-0.2, -0.15) is 0 Å². The Morgan fingerprint density at radius 1 is 1.44 bits per heavy atom. The fourth-order valence-electron chi connectivity index (χ4n) is 2.45. The van der Waals surface area contributed by atoms with Crippen molar-refractivity contribution in [2.75, 3.05) is 6.54 Å². The van der Waals surface area contributed by atoms with Gasteiger partial charge in [-0.1, -0.05) is 44.1 Å². The predicted molar refractivity (Wildman–Crippen MR) is 80.0 cm³/mol. The Kier molecular flexibility index (Phi) is 6.20. The standard InChI is InChI=1S/C16H28N2/c1-6-8-10-15(9-7-2)14(5)16-11-12-17-18(16)13(3)4/h6,8,10-11,13-14,17H,7,9,12H2,1-5H3/b8-6-,15-10-. The molecule has 1 aliphatic heterocycles. The third-order valence-corrected chi connectivity index (χ3v) is 3.41. The summed E-state index contributed by atoms with van der Waals surface area (Å²) in [4.78, 5) is 0. The monoisotopic (exact) mass is 248 g/mol. The van der Waals surface area contributed by atoms with E-state index < -0.39 is 0 Å². The molecule has 1 N–H and O–H groups in total. The Balaban J connectivity index is 2.85. The van der Waals surface area contributed by atoms with Gasteiger partial charge in [0.1, 0.15) is 0 Å². The van der Waals surface area contributed by atoms with Crippen molar-refractivity contribution in [3.05, 3.63) is 35.6 Å². The highest BCUT2D eigenvalue weighted by Gasteiger charge is 2.24. The lowest BCUT2D eigenvalue weighted by molar-refractivity contribution is 0.211. The second-order valence-corrected chi connectivity index (χ2v) is 5.19. The maximum Gasteiger partial charge on any atom is 0.0395 e. The number of hydrazine groups is 1. The van der Waals surface area contributed by atoms with Crippen molar-refractivity contribution < 1.29 is 0 Å². The summed E-state index contributed by atoms with van der Waals surface area (Å²) in [6.45, 7) is 12.1. The van der Waals surface area contributed by atoms with Gasteiger partial charge >= 0.3 is 0 Å². The number of hydrogen-bond donors (Lipinski definition) is 1. The van der Waals surface area contributed by atoms with Crippen LogP contribution in [0.2, 0.25) is 0 Å². The van der Waals surface area contributed by atoms with Crippen molar-refractivity contribution in [1.82, 2.24) is 10.4 Å². The Morgan fingerprint density at radius 2 is 2.17 bits per heavy atom. The molecule has 2 nitrogen and oxygen atoms in total. The molecule has 1 rings (SSSR count). The van der Waals surface area contributed by atoms with E-state index in [-0.39, 0.29) is 0 Å². The van der Waals surface area contributed by atoms with E-state index in [2.05, 4.69) is 69.4 Å². The van der Waals surface area contributed by atoms with Gasteiger partial charge in [-0.3, -0.25) is 0 Å². The summed E-state index contributed by atoms with van der Waals surface area (Å²) in [7, 11) is 0. The Morgan fingerprint density at radius 3 is 2.72 bits per heavy atom. The van der Waals surface area contributed by atoms with Gasteiger partial charge in [0.25, 0.3) is 0 Å². The molecule has 1 unspecified atom stereocenters. The number of hydrogen-bond acceptors (Lipinski definition) is 2. The van der Waals surface area contributed by atoms with Gasteiger partial charge in [-0.15, -0.1) is 0 Å². The summed E-state index contributed by atoms with van der Waals surface area (Å²) in [6.07, 6.45) is 11.2. The summed E-state index contributed by atoms with van der Waals surface area (Å²) < 4.78 is 0. The van der Waals surface area contributed by atoms with Crippen LogP contribution < -0.4 is 5.43 Å². The summed E-state index contributed by atoms with van der Waals surface area (Å²) in [6, 6.07) is 0.505. The fraction of sp³-hybridized carbons (Fsp3) is 0.625. The Hall–Kier alpha value is -1.02. The molecular weight excluding hydrogens is 220 g/mol. The van der Waals surface area contributed by atoms with E-state index in [9.17, 15) is 0 Å². The molecule has 102 valence electrons. The molecule has 0 fully saturated rings. The third kappa shape index (κ3) is 3.74. The van der Waals surface area contributed by atoms with Crippen LogP contribution >= 0.6 is 0 Å². The van der Waals surface area contributed by atoms with E-state index in [0.717, 1.165) is 6.54 Å². The second-order valence-electron chi connectivity index (χ2n) is 5.19. The van der Waals surface area contributed by atoms with Gasteiger partial charge in [0, 0.05) is 24.2 Å². The highest BCUT2D eigenvalue weighted by molar-refractivity contribution is 5.25. The van der Waals surface area contributed by atoms with E-state index >= 15 is 0 Å². The molecule has 1 heterocycles. The van der Waals surface area contributed by atoms with E-state index in [0.29, 0.717) is 12.0 Å². The molecule has 0 aliphatic carbocycles. The molecule has 0 aromatic carbocycles. The number of nitrogens with one attached hydrogen (secondary N) is 1. The quantitative estimate of drug-likeness (QED) is 0.714. The van der Waals surface area contributed by atoms with Crippen LogP contribution in [0.3, 0.4) is 0 Å². The van der Waals surface area contributed by atoms with Crippen LogP contribution in [0.4, 0.5) is 0 Å². The van der Waals surface area contributed by atoms with Crippen LogP contribution in [0.25, 0.3) is 0 Å². The van der Waals surface area contributed by atoms with Crippen LogP contribution in [0.15, 0.2) is 35.6 Å². The summed E-state index contributed by atoms with van der Waals surface area (Å²) in [5, 5.41) is 2.31. The zero-order valence-electron chi connectivity index (χ0n) is 12.5. The average molecular weight is 248 g/mol. The smallest absolute Gasteiger partial charge is 0.0395 e. The lowest BCUT2D eigenvalue weighted by atomic mass is 9.92. The molecule has 0 amide bonds. The van der Waals surface area contributed by atoms with Crippen molar-refractivity contribution in [3.63, 3.8) is 0 Å². The molecule has 1 aliphatic rings. The van der Waals surface area contributed by atoms with Crippen LogP contribution in [-0.4, -0.2) is 17.6 Å². The molecular formula is C16H28N2. The van der Waals surface area contributed by atoms with Crippen molar-refractivity contribution >= 4 is 0 Å². The van der Waals surface area contributed by atoms with Gasteiger partial charge in [-0.05, 0) is 33.3 Å². The molecule has 0 bridgehead atoms. The minimum Gasteiger partial charge on any atom is -0.309 e. The Labute approximate surface area is 112 Å². The maximum absolute atomic E-state index is 3.44. The van der Waals surface area contributed by atoms with Gasteiger partial charge in [0.05, 0.1) is 0 Å². The number of nitrogens with zero attached hydrogens (tertiary/aromatic N) is 1. The van der Waals surface area contributed by atoms with Crippen LogP contribution in [0, 0.1) is 5.92 Å². The minimum atomic E-state index is 0.499. The Bertz CT molecular complexity index is 335. The predicted octanol–water partition coefficient (Wildman–Crippen LogP) is 4.04. The molecule has 0 radical (unpaired) electrons. The van der Waals surface area contributed by atoms with Crippen molar-refractivity contribution in [3.8, 4) is 0 Å². The van der Waals surface area contributed by atoms with Crippen molar-refractivity contribution in [1.29, 1.82) is 0 Å². The third-order valence-electron chi connectivity index (χ3n) is 3.41. The van der Waals surface area contributed by atoms with Crippen LogP contribution in [0.1, 0.15) is 47.5 Å². The molecule has 0 saturated carbocycles. The summed E-state index contributed by atoms with van der Waals surface area (Å²) >= 11 is 0. The lowest BCUT2D eigenvalue weighted by Crippen LogP contribution is -2.39. The average Bonchev–Trinajstić information content (AvgIpc) is 2.82. The molecule has 0 aromatic heterocycles. The van der Waals surface area contributed by atoms with Crippen molar-refractivity contribution in [2.24, 2.45) is 5.92 Å². The number of rotatable bonds is 6. The lowest BCUT2D eigenvalue weighted by Gasteiger charge is -2.31. The van der Waals surface area contributed by atoms with Gasteiger partial charge in [0.2, 0.25) is 0 Å². The first-order valence-electron chi connectivity index (χ1n) is 7.16. The molecule has 1 atom stereocenters. The normalized spacial score (nSPS) is 18.9. The zero-order chi connectivity index (χ0) is 13.5. The molecule has 2 heteroatoms. The first-order chi connectivity index (χ1) is 8.61. The molecule has 0 aromatic rings. The molecule has 18 heavy (non-hydrogen) atoms. The van der Waals surface area contributed by atoms with Gasteiger partial charge < -0.3 is 5.01 Å². The topological polar surface area (TPSA) is 15.3 Å². The molecule has 0 spiro atoms.